The molecule has 3 rings (SSSR count). The van der Waals surface area contributed by atoms with E-state index in [1.54, 1.807) is 11.8 Å². The van der Waals surface area contributed by atoms with Crippen LogP contribution in [0.25, 0.3) is 0 Å². The number of β-amino-alcohol motifs (C(OH)–C–C–N with tert-alkyl or cyclic N) is 1. The Labute approximate surface area is 107 Å². The molecule has 0 aliphatic carbocycles. The minimum Gasteiger partial charge on any atom is -0.386 e. The Morgan fingerprint density at radius 1 is 1.44 bits per heavy atom. The van der Waals surface area contributed by atoms with Crippen molar-refractivity contribution in [2.75, 3.05) is 19.6 Å². The van der Waals surface area contributed by atoms with E-state index >= 15 is 0 Å². The van der Waals surface area contributed by atoms with Crippen LogP contribution in [0.3, 0.4) is 0 Å². The summed E-state index contributed by atoms with van der Waals surface area (Å²) in [6.07, 6.45) is 0. The number of benzene rings is 1. The molecule has 0 bridgehead atoms. The van der Waals surface area contributed by atoms with E-state index in [-0.39, 0.29) is 11.8 Å². The highest BCUT2D eigenvalue weighted by atomic mass is 16.3. The van der Waals surface area contributed by atoms with E-state index < -0.39 is 5.60 Å². The summed E-state index contributed by atoms with van der Waals surface area (Å²) in [5.74, 6) is 0.0206. The molecule has 1 atom stereocenters. The van der Waals surface area contributed by atoms with Crippen LogP contribution in [0, 0.1) is 0 Å². The maximum atomic E-state index is 12.4. The van der Waals surface area contributed by atoms with Crippen molar-refractivity contribution in [2.24, 2.45) is 0 Å². The summed E-state index contributed by atoms with van der Waals surface area (Å²) in [4.78, 5) is 14.2. The van der Waals surface area contributed by atoms with Gasteiger partial charge in [0.1, 0.15) is 0 Å². The Morgan fingerprint density at radius 3 is 2.89 bits per heavy atom. The molecule has 1 fully saturated rings. The summed E-state index contributed by atoms with van der Waals surface area (Å²) in [6.45, 7) is 4.19. The monoisotopic (exact) mass is 246 g/mol. The smallest absolute Gasteiger partial charge is 0.231 e. The van der Waals surface area contributed by atoms with Crippen molar-refractivity contribution in [2.45, 2.75) is 25.0 Å². The van der Waals surface area contributed by atoms with Gasteiger partial charge in [-0.25, -0.2) is 0 Å². The Kier molecular flexibility index (Phi) is 2.64. The van der Waals surface area contributed by atoms with Gasteiger partial charge in [-0.05, 0) is 18.1 Å². The Balaban J connectivity index is 1.80. The van der Waals surface area contributed by atoms with Crippen molar-refractivity contribution in [3.8, 4) is 0 Å². The summed E-state index contributed by atoms with van der Waals surface area (Å²) in [5, 5.41) is 13.0. The Bertz CT molecular complexity index is 476. The van der Waals surface area contributed by atoms with Crippen molar-refractivity contribution in [3.05, 3.63) is 35.4 Å². The van der Waals surface area contributed by atoms with Crippen molar-refractivity contribution >= 4 is 5.91 Å². The van der Waals surface area contributed by atoms with Crippen LogP contribution in [0.15, 0.2) is 24.3 Å². The van der Waals surface area contributed by atoms with Gasteiger partial charge in [0.05, 0.1) is 24.6 Å². The maximum absolute atomic E-state index is 12.4. The summed E-state index contributed by atoms with van der Waals surface area (Å²) in [6, 6.07) is 8.09. The SMILES string of the molecule is CC1(O)CN(C(=O)C2CNCc3ccccc32)C1. The molecule has 2 aliphatic rings. The molecule has 0 radical (unpaired) electrons. The first-order valence-electron chi connectivity index (χ1n) is 6.36. The second-order valence-electron chi connectivity index (χ2n) is 5.57. The molecule has 1 aromatic carbocycles. The number of carbonyl (C=O) groups excluding carboxylic acids is 1. The van der Waals surface area contributed by atoms with Gasteiger partial charge in [0.25, 0.3) is 0 Å². The second kappa shape index (κ2) is 4.07. The number of nitrogens with zero attached hydrogens (tertiary/aromatic N) is 1. The fourth-order valence-corrected chi connectivity index (χ4v) is 2.87. The number of rotatable bonds is 1. The number of nitrogens with one attached hydrogen (secondary N) is 1. The summed E-state index contributed by atoms with van der Waals surface area (Å²) >= 11 is 0. The summed E-state index contributed by atoms with van der Waals surface area (Å²) < 4.78 is 0. The molecule has 0 saturated carbocycles. The van der Waals surface area contributed by atoms with Crippen molar-refractivity contribution in [1.82, 2.24) is 10.2 Å². The van der Waals surface area contributed by atoms with Crippen molar-refractivity contribution in [3.63, 3.8) is 0 Å². The van der Waals surface area contributed by atoms with E-state index in [9.17, 15) is 9.90 Å². The summed E-state index contributed by atoms with van der Waals surface area (Å²) in [5.41, 5.74) is 1.64. The molecular weight excluding hydrogens is 228 g/mol. The minimum absolute atomic E-state index is 0.106. The van der Waals surface area contributed by atoms with E-state index in [0.29, 0.717) is 19.6 Å². The first kappa shape index (κ1) is 11.7. The normalized spacial score (nSPS) is 25.2. The highest BCUT2D eigenvalue weighted by Crippen LogP contribution is 2.29. The molecular formula is C14H18N2O2. The zero-order valence-electron chi connectivity index (χ0n) is 10.5. The number of hydrogen-bond donors (Lipinski definition) is 2. The van der Waals surface area contributed by atoms with Gasteiger partial charge in [-0.2, -0.15) is 0 Å². The van der Waals surface area contributed by atoms with Crippen LogP contribution in [0.1, 0.15) is 24.0 Å². The third kappa shape index (κ3) is 1.91. The molecule has 0 aromatic heterocycles. The third-order valence-electron chi connectivity index (χ3n) is 3.77. The number of hydrogen-bond acceptors (Lipinski definition) is 3. The number of likely N-dealkylation sites (tertiary alicyclic amines) is 1. The lowest BCUT2D eigenvalue weighted by atomic mass is 9.87. The summed E-state index contributed by atoms with van der Waals surface area (Å²) in [7, 11) is 0. The molecule has 1 saturated heterocycles. The van der Waals surface area contributed by atoms with Crippen LogP contribution >= 0.6 is 0 Å². The van der Waals surface area contributed by atoms with Crippen LogP contribution < -0.4 is 5.32 Å². The predicted octanol–water partition coefficient (Wildman–Crippen LogP) is 0.467. The lowest BCUT2D eigenvalue weighted by Gasteiger charge is -2.46. The average Bonchev–Trinajstić information content (AvgIpc) is 2.34. The van der Waals surface area contributed by atoms with Crippen molar-refractivity contribution in [1.29, 1.82) is 0 Å². The van der Waals surface area contributed by atoms with Gasteiger partial charge in [0, 0.05) is 13.1 Å². The molecule has 4 nitrogen and oxygen atoms in total. The highest BCUT2D eigenvalue weighted by Gasteiger charge is 2.42. The molecule has 4 heteroatoms. The average molecular weight is 246 g/mol. The number of fused-ring (bicyclic) bond motifs is 1. The number of aliphatic hydroxyl groups is 1. The van der Waals surface area contributed by atoms with Crippen LogP contribution in [-0.4, -0.2) is 41.1 Å². The van der Waals surface area contributed by atoms with E-state index in [4.69, 9.17) is 0 Å². The zero-order valence-corrected chi connectivity index (χ0v) is 10.5. The van der Waals surface area contributed by atoms with E-state index in [1.807, 2.05) is 18.2 Å². The van der Waals surface area contributed by atoms with E-state index in [0.717, 1.165) is 12.1 Å². The lowest BCUT2D eigenvalue weighted by Crippen LogP contribution is -2.63. The zero-order chi connectivity index (χ0) is 12.8. The van der Waals surface area contributed by atoms with Gasteiger partial charge >= 0.3 is 0 Å². The van der Waals surface area contributed by atoms with Crippen LogP contribution in [-0.2, 0) is 11.3 Å². The minimum atomic E-state index is -0.697. The van der Waals surface area contributed by atoms with Crippen molar-refractivity contribution < 1.29 is 9.90 Å². The molecule has 2 N–H and O–H groups in total. The second-order valence-corrected chi connectivity index (χ2v) is 5.57. The quantitative estimate of drug-likeness (QED) is 0.757. The topological polar surface area (TPSA) is 52.6 Å². The largest absolute Gasteiger partial charge is 0.386 e. The number of carbonyl (C=O) groups is 1. The fraction of sp³-hybridized carbons (Fsp3) is 0.500. The van der Waals surface area contributed by atoms with E-state index in [2.05, 4.69) is 11.4 Å². The standard InChI is InChI=1S/C14H18N2O2/c1-14(18)8-16(9-14)13(17)12-7-15-6-10-4-2-3-5-11(10)12/h2-5,12,15,18H,6-9H2,1H3. The van der Waals surface area contributed by atoms with Gasteiger partial charge in [0.15, 0.2) is 0 Å². The van der Waals surface area contributed by atoms with Gasteiger partial charge in [-0.1, -0.05) is 24.3 Å². The highest BCUT2D eigenvalue weighted by molar-refractivity contribution is 5.85. The maximum Gasteiger partial charge on any atom is 0.231 e. The molecule has 1 unspecified atom stereocenters. The van der Waals surface area contributed by atoms with Gasteiger partial charge < -0.3 is 15.3 Å². The first-order chi connectivity index (χ1) is 8.57. The Hall–Kier alpha value is -1.39. The number of amides is 1. The molecule has 18 heavy (non-hydrogen) atoms. The van der Waals surface area contributed by atoms with Gasteiger partial charge in [-0.3, -0.25) is 4.79 Å². The molecule has 0 spiro atoms. The third-order valence-corrected chi connectivity index (χ3v) is 3.77. The predicted molar refractivity (Wildman–Crippen MR) is 68.1 cm³/mol. The lowest BCUT2D eigenvalue weighted by molar-refractivity contribution is -0.154. The van der Waals surface area contributed by atoms with Crippen LogP contribution in [0.2, 0.25) is 0 Å². The first-order valence-corrected chi connectivity index (χ1v) is 6.36. The van der Waals surface area contributed by atoms with Gasteiger partial charge in [-0.15, -0.1) is 0 Å². The molecule has 1 aromatic rings. The van der Waals surface area contributed by atoms with Crippen LogP contribution in [0.5, 0.6) is 0 Å². The Morgan fingerprint density at radius 2 is 2.17 bits per heavy atom. The van der Waals surface area contributed by atoms with E-state index in [1.165, 1.54) is 5.56 Å². The van der Waals surface area contributed by atoms with Gasteiger partial charge in [0.2, 0.25) is 5.91 Å². The molecule has 2 aliphatic heterocycles. The van der Waals surface area contributed by atoms with Crippen LogP contribution in [0.4, 0.5) is 0 Å². The molecule has 96 valence electrons. The fourth-order valence-electron chi connectivity index (χ4n) is 2.87. The molecule has 1 amide bonds. The molecule has 2 heterocycles.